The van der Waals surface area contributed by atoms with E-state index in [1.807, 2.05) is 0 Å². The Morgan fingerprint density at radius 1 is 1.04 bits per heavy atom. The van der Waals surface area contributed by atoms with Gasteiger partial charge in [-0.05, 0) is 45.4 Å². The van der Waals surface area contributed by atoms with Gasteiger partial charge in [-0.25, -0.2) is 0 Å². The predicted octanol–water partition coefficient (Wildman–Crippen LogP) is 2.78. The highest BCUT2D eigenvalue weighted by Gasteiger charge is 2.13. The molecular formula is C21H42N4O2. The number of guanidine groups is 1. The van der Waals surface area contributed by atoms with Crippen LogP contribution in [0.25, 0.3) is 0 Å². The fourth-order valence-electron chi connectivity index (χ4n) is 3.74. The highest BCUT2D eigenvalue weighted by Crippen LogP contribution is 2.20. The predicted molar refractivity (Wildman–Crippen MR) is 113 cm³/mol. The smallest absolute Gasteiger partial charge is 0.191 e. The van der Waals surface area contributed by atoms with Gasteiger partial charge in [0.25, 0.3) is 0 Å². The van der Waals surface area contributed by atoms with Gasteiger partial charge < -0.3 is 20.1 Å². The fraction of sp³-hybridized carbons (Fsp3) is 0.952. The number of hydrogen-bond donors (Lipinski definition) is 2. The number of unbranched alkanes of at least 4 members (excludes halogenated alkanes) is 2. The summed E-state index contributed by atoms with van der Waals surface area (Å²) in [6, 6.07) is 0. The molecule has 158 valence electrons. The molecule has 6 nitrogen and oxygen atoms in total. The van der Waals surface area contributed by atoms with E-state index in [-0.39, 0.29) is 0 Å². The van der Waals surface area contributed by atoms with Gasteiger partial charge in [0.15, 0.2) is 5.96 Å². The zero-order valence-electron chi connectivity index (χ0n) is 17.5. The van der Waals surface area contributed by atoms with E-state index in [1.165, 1.54) is 51.4 Å². The van der Waals surface area contributed by atoms with Gasteiger partial charge in [-0.1, -0.05) is 19.3 Å². The number of morpholine rings is 1. The molecule has 1 aliphatic heterocycles. The topological polar surface area (TPSA) is 58.1 Å². The van der Waals surface area contributed by atoms with Crippen molar-refractivity contribution in [1.82, 2.24) is 15.5 Å². The van der Waals surface area contributed by atoms with Crippen LogP contribution in [0.3, 0.4) is 0 Å². The Morgan fingerprint density at radius 2 is 1.85 bits per heavy atom. The average Bonchev–Trinajstić information content (AvgIpc) is 2.72. The number of nitrogens with zero attached hydrogens (tertiary/aromatic N) is 2. The van der Waals surface area contributed by atoms with Crippen molar-refractivity contribution in [2.75, 3.05) is 59.1 Å². The van der Waals surface area contributed by atoms with Crippen LogP contribution in [0, 0.1) is 0 Å². The largest absolute Gasteiger partial charge is 0.379 e. The van der Waals surface area contributed by atoms with E-state index >= 15 is 0 Å². The van der Waals surface area contributed by atoms with E-state index in [9.17, 15) is 0 Å². The molecule has 2 N–H and O–H groups in total. The summed E-state index contributed by atoms with van der Waals surface area (Å²) >= 11 is 0. The highest BCUT2D eigenvalue weighted by atomic mass is 16.5. The summed E-state index contributed by atoms with van der Waals surface area (Å²) < 4.78 is 11.4. The van der Waals surface area contributed by atoms with Crippen LogP contribution in [-0.2, 0) is 9.47 Å². The summed E-state index contributed by atoms with van der Waals surface area (Å²) in [7, 11) is 0. The van der Waals surface area contributed by atoms with Gasteiger partial charge in [-0.15, -0.1) is 0 Å². The highest BCUT2D eigenvalue weighted by molar-refractivity contribution is 5.79. The van der Waals surface area contributed by atoms with Gasteiger partial charge in [0.05, 0.1) is 19.3 Å². The third-order valence-corrected chi connectivity index (χ3v) is 5.37. The molecule has 2 aliphatic rings. The molecule has 2 fully saturated rings. The molecule has 1 saturated heterocycles. The van der Waals surface area contributed by atoms with E-state index in [0.29, 0.717) is 6.10 Å². The van der Waals surface area contributed by atoms with Crippen LogP contribution < -0.4 is 10.6 Å². The number of aliphatic imine (C=N–C) groups is 1. The molecule has 0 amide bonds. The van der Waals surface area contributed by atoms with E-state index in [0.717, 1.165) is 71.5 Å². The standard InChI is InChI=1S/C21H42N4O2/c1-2-22-21(24-13-9-14-25-15-18-26-19-16-25)23-12-7-4-8-17-27-20-10-5-3-6-11-20/h20H,2-19H2,1H3,(H2,22,23,24). The Hall–Kier alpha value is -0.850. The lowest BCUT2D eigenvalue weighted by Gasteiger charge is -2.26. The van der Waals surface area contributed by atoms with Crippen molar-refractivity contribution < 1.29 is 9.47 Å². The maximum absolute atomic E-state index is 6.00. The molecule has 1 heterocycles. The second-order valence-electron chi connectivity index (χ2n) is 7.69. The van der Waals surface area contributed by atoms with Crippen molar-refractivity contribution >= 4 is 5.96 Å². The number of nitrogens with one attached hydrogen (secondary N) is 2. The third kappa shape index (κ3) is 10.9. The van der Waals surface area contributed by atoms with Crippen molar-refractivity contribution in [1.29, 1.82) is 0 Å². The van der Waals surface area contributed by atoms with Crippen molar-refractivity contribution in [2.45, 2.75) is 70.8 Å². The summed E-state index contributed by atoms with van der Waals surface area (Å²) in [6.45, 7) is 10.8. The first kappa shape index (κ1) is 22.4. The van der Waals surface area contributed by atoms with Gasteiger partial charge in [0.1, 0.15) is 0 Å². The summed E-state index contributed by atoms with van der Waals surface area (Å²) in [6.07, 6.45) is 11.9. The van der Waals surface area contributed by atoms with Gasteiger partial charge in [-0.3, -0.25) is 9.89 Å². The van der Waals surface area contributed by atoms with Gasteiger partial charge in [0.2, 0.25) is 0 Å². The van der Waals surface area contributed by atoms with Crippen LogP contribution in [0.15, 0.2) is 4.99 Å². The summed E-state index contributed by atoms with van der Waals surface area (Å²) in [5.41, 5.74) is 0. The minimum Gasteiger partial charge on any atom is -0.379 e. The number of rotatable bonds is 12. The maximum Gasteiger partial charge on any atom is 0.191 e. The molecule has 1 saturated carbocycles. The first-order valence-electron chi connectivity index (χ1n) is 11.3. The van der Waals surface area contributed by atoms with Crippen molar-refractivity contribution in [2.24, 2.45) is 4.99 Å². The molecule has 2 rings (SSSR count). The molecule has 0 atom stereocenters. The van der Waals surface area contributed by atoms with Crippen LogP contribution in [0.2, 0.25) is 0 Å². The van der Waals surface area contributed by atoms with Crippen LogP contribution in [0.4, 0.5) is 0 Å². The van der Waals surface area contributed by atoms with E-state index in [4.69, 9.17) is 14.5 Å². The van der Waals surface area contributed by atoms with E-state index in [2.05, 4.69) is 22.5 Å². The Labute approximate surface area is 166 Å². The van der Waals surface area contributed by atoms with E-state index in [1.54, 1.807) is 0 Å². The average molecular weight is 383 g/mol. The maximum atomic E-state index is 6.00. The van der Waals surface area contributed by atoms with E-state index < -0.39 is 0 Å². The number of ether oxygens (including phenoxy) is 2. The lowest BCUT2D eigenvalue weighted by molar-refractivity contribution is 0.0264. The van der Waals surface area contributed by atoms with Crippen LogP contribution in [0.1, 0.15) is 64.7 Å². The zero-order chi connectivity index (χ0) is 19.0. The second-order valence-corrected chi connectivity index (χ2v) is 7.69. The molecule has 0 aromatic carbocycles. The Bertz CT molecular complexity index is 380. The molecular weight excluding hydrogens is 340 g/mol. The quantitative estimate of drug-likeness (QED) is 0.309. The fourth-order valence-corrected chi connectivity index (χ4v) is 3.74. The van der Waals surface area contributed by atoms with Gasteiger partial charge in [0, 0.05) is 45.9 Å². The van der Waals surface area contributed by atoms with Crippen LogP contribution in [0.5, 0.6) is 0 Å². The second kappa shape index (κ2) is 15.1. The zero-order valence-corrected chi connectivity index (χ0v) is 17.5. The minimum atomic E-state index is 0.543. The van der Waals surface area contributed by atoms with Crippen LogP contribution >= 0.6 is 0 Å². The van der Waals surface area contributed by atoms with Crippen molar-refractivity contribution in [3.63, 3.8) is 0 Å². The lowest BCUT2D eigenvalue weighted by atomic mass is 9.98. The lowest BCUT2D eigenvalue weighted by Crippen LogP contribution is -2.38. The van der Waals surface area contributed by atoms with Crippen molar-refractivity contribution in [3.8, 4) is 0 Å². The molecule has 1 aliphatic carbocycles. The molecule has 0 spiro atoms. The molecule has 0 unspecified atom stereocenters. The van der Waals surface area contributed by atoms with Crippen LogP contribution in [-0.4, -0.2) is 76.1 Å². The Morgan fingerprint density at radius 3 is 2.63 bits per heavy atom. The summed E-state index contributed by atoms with van der Waals surface area (Å²) in [5.74, 6) is 0.956. The molecule has 6 heteroatoms. The number of hydrogen-bond acceptors (Lipinski definition) is 4. The summed E-state index contributed by atoms with van der Waals surface area (Å²) in [4.78, 5) is 7.17. The normalized spacial score (nSPS) is 20.0. The van der Waals surface area contributed by atoms with Crippen molar-refractivity contribution in [3.05, 3.63) is 0 Å². The monoisotopic (exact) mass is 382 g/mol. The first-order valence-corrected chi connectivity index (χ1v) is 11.3. The first-order chi connectivity index (χ1) is 13.4. The third-order valence-electron chi connectivity index (χ3n) is 5.37. The minimum absolute atomic E-state index is 0.543. The Balaban J connectivity index is 1.46. The van der Waals surface area contributed by atoms with Gasteiger partial charge >= 0.3 is 0 Å². The molecule has 27 heavy (non-hydrogen) atoms. The molecule has 0 aromatic heterocycles. The summed E-state index contributed by atoms with van der Waals surface area (Å²) in [5, 5.41) is 6.81. The molecule has 0 bridgehead atoms. The Kier molecular flexibility index (Phi) is 12.6. The van der Waals surface area contributed by atoms with Gasteiger partial charge in [-0.2, -0.15) is 0 Å². The molecule has 0 radical (unpaired) electrons. The SMILES string of the molecule is CCNC(=NCCCN1CCOCC1)NCCCCCOC1CCCCC1. The molecule has 0 aromatic rings.